The minimum Gasteiger partial charge on any atom is -0.366 e. The standard InChI is InChI=1S/C30H30F2N2O/c1-3-4-6-11-27-29(24-15-13-23(14-16-24)22-9-7-5-8-10-22)28(30(33)35)20(2)34(27)19-21-12-17-25(31)26(32)18-21/h5,7-10,12-18H,3-4,6,11,19H2,1-2H3,(H2,33,35). The van der Waals surface area contributed by atoms with Crippen LogP contribution in [0, 0.1) is 18.6 Å². The number of primary amides is 1. The molecule has 0 fully saturated rings. The van der Waals surface area contributed by atoms with Crippen LogP contribution in [-0.2, 0) is 13.0 Å². The van der Waals surface area contributed by atoms with Crippen LogP contribution in [0.1, 0.15) is 53.5 Å². The van der Waals surface area contributed by atoms with Crippen molar-refractivity contribution in [3.8, 4) is 22.3 Å². The molecule has 3 nitrogen and oxygen atoms in total. The number of amides is 1. The molecule has 35 heavy (non-hydrogen) atoms. The van der Waals surface area contributed by atoms with Gasteiger partial charge in [0.2, 0.25) is 0 Å². The van der Waals surface area contributed by atoms with Crippen LogP contribution >= 0.6 is 0 Å². The van der Waals surface area contributed by atoms with Gasteiger partial charge in [0.25, 0.3) is 5.91 Å². The van der Waals surface area contributed by atoms with E-state index in [-0.39, 0.29) is 0 Å². The number of unbranched alkanes of at least 4 members (excludes halogenated alkanes) is 2. The summed E-state index contributed by atoms with van der Waals surface area (Å²) in [7, 11) is 0. The highest BCUT2D eigenvalue weighted by atomic mass is 19.2. The molecule has 0 saturated carbocycles. The van der Waals surface area contributed by atoms with Crippen LogP contribution in [-0.4, -0.2) is 10.5 Å². The van der Waals surface area contributed by atoms with E-state index in [1.54, 1.807) is 6.07 Å². The summed E-state index contributed by atoms with van der Waals surface area (Å²) in [6.45, 7) is 4.33. The summed E-state index contributed by atoms with van der Waals surface area (Å²) in [6, 6.07) is 22.2. The van der Waals surface area contributed by atoms with E-state index in [9.17, 15) is 13.6 Å². The first-order valence-corrected chi connectivity index (χ1v) is 12.0. The predicted molar refractivity (Wildman–Crippen MR) is 137 cm³/mol. The molecular weight excluding hydrogens is 442 g/mol. The highest BCUT2D eigenvalue weighted by molar-refractivity contribution is 6.02. The number of hydrogen-bond donors (Lipinski definition) is 1. The molecule has 0 saturated heterocycles. The van der Waals surface area contributed by atoms with Crippen molar-refractivity contribution >= 4 is 5.91 Å². The van der Waals surface area contributed by atoms with Gasteiger partial charge in [-0.15, -0.1) is 0 Å². The van der Waals surface area contributed by atoms with Crippen molar-refractivity contribution in [1.29, 1.82) is 0 Å². The first-order valence-electron chi connectivity index (χ1n) is 12.0. The van der Waals surface area contributed by atoms with Crippen LogP contribution in [0.25, 0.3) is 22.3 Å². The van der Waals surface area contributed by atoms with Gasteiger partial charge >= 0.3 is 0 Å². The lowest BCUT2D eigenvalue weighted by molar-refractivity contribution is 0.1000. The van der Waals surface area contributed by atoms with Crippen molar-refractivity contribution in [3.63, 3.8) is 0 Å². The first-order chi connectivity index (χ1) is 16.9. The number of nitrogens with zero attached hydrogens (tertiary/aromatic N) is 1. The zero-order valence-electron chi connectivity index (χ0n) is 20.2. The maximum atomic E-state index is 13.9. The van der Waals surface area contributed by atoms with Gasteiger partial charge in [0.15, 0.2) is 11.6 Å². The molecule has 3 aromatic carbocycles. The third-order valence-electron chi connectivity index (χ3n) is 6.50. The second kappa shape index (κ2) is 10.7. The second-order valence-electron chi connectivity index (χ2n) is 8.88. The highest BCUT2D eigenvalue weighted by Crippen LogP contribution is 2.35. The Morgan fingerprint density at radius 3 is 2.14 bits per heavy atom. The van der Waals surface area contributed by atoms with Crippen LogP contribution in [0.3, 0.4) is 0 Å². The van der Waals surface area contributed by atoms with Crippen molar-refractivity contribution in [2.24, 2.45) is 5.73 Å². The minimum absolute atomic E-state index is 0.326. The van der Waals surface area contributed by atoms with Crippen LogP contribution < -0.4 is 5.73 Å². The number of hydrogen-bond acceptors (Lipinski definition) is 1. The van der Waals surface area contributed by atoms with Crippen molar-refractivity contribution in [1.82, 2.24) is 4.57 Å². The molecular formula is C30H30F2N2O. The lowest BCUT2D eigenvalue weighted by atomic mass is 9.95. The predicted octanol–water partition coefficient (Wildman–Crippen LogP) is 7.29. The van der Waals surface area contributed by atoms with Gasteiger partial charge in [0.1, 0.15) is 0 Å². The number of benzene rings is 3. The Morgan fingerprint density at radius 1 is 0.857 bits per heavy atom. The van der Waals surface area contributed by atoms with Crippen LogP contribution in [0.2, 0.25) is 0 Å². The molecule has 5 heteroatoms. The molecule has 0 aliphatic carbocycles. The van der Waals surface area contributed by atoms with Crippen molar-refractivity contribution < 1.29 is 13.6 Å². The number of aromatic nitrogens is 1. The van der Waals surface area contributed by atoms with Gasteiger partial charge in [-0.2, -0.15) is 0 Å². The van der Waals surface area contributed by atoms with Gasteiger partial charge < -0.3 is 10.3 Å². The van der Waals surface area contributed by atoms with E-state index in [0.29, 0.717) is 17.7 Å². The Labute approximate surface area is 205 Å². The van der Waals surface area contributed by atoms with Gasteiger partial charge in [-0.05, 0) is 54.2 Å². The zero-order chi connectivity index (χ0) is 24.9. The molecule has 0 radical (unpaired) electrons. The summed E-state index contributed by atoms with van der Waals surface area (Å²) in [4.78, 5) is 12.7. The molecule has 0 atom stereocenters. The topological polar surface area (TPSA) is 48.0 Å². The molecule has 1 heterocycles. The van der Waals surface area contributed by atoms with E-state index in [1.165, 1.54) is 6.07 Å². The zero-order valence-corrected chi connectivity index (χ0v) is 20.2. The first kappa shape index (κ1) is 24.4. The number of halogens is 2. The minimum atomic E-state index is -0.883. The highest BCUT2D eigenvalue weighted by Gasteiger charge is 2.25. The quantitative estimate of drug-likeness (QED) is 0.256. The molecule has 180 valence electrons. The average Bonchev–Trinajstić information content (AvgIpc) is 3.13. The molecule has 0 spiro atoms. The summed E-state index contributed by atoms with van der Waals surface area (Å²) >= 11 is 0. The largest absolute Gasteiger partial charge is 0.366 e. The number of carbonyl (C=O) groups excluding carboxylic acids is 1. The van der Waals surface area contributed by atoms with Gasteiger partial charge in [-0.3, -0.25) is 4.79 Å². The molecule has 1 aromatic heterocycles. The van der Waals surface area contributed by atoms with E-state index < -0.39 is 17.5 Å². The van der Waals surface area contributed by atoms with Crippen LogP contribution in [0.15, 0.2) is 72.8 Å². The molecule has 0 aliphatic rings. The molecule has 1 amide bonds. The van der Waals surface area contributed by atoms with Gasteiger partial charge in [0, 0.05) is 23.5 Å². The number of rotatable bonds is 9. The van der Waals surface area contributed by atoms with E-state index in [1.807, 2.05) is 54.0 Å². The lowest BCUT2D eigenvalue weighted by Crippen LogP contribution is -2.13. The third kappa shape index (κ3) is 5.19. The lowest BCUT2D eigenvalue weighted by Gasteiger charge is -2.14. The Morgan fingerprint density at radius 2 is 1.51 bits per heavy atom. The van der Waals surface area contributed by atoms with Crippen molar-refractivity contribution in [2.45, 2.75) is 46.1 Å². The summed E-state index contributed by atoms with van der Waals surface area (Å²) in [5.74, 6) is -2.25. The summed E-state index contributed by atoms with van der Waals surface area (Å²) in [5.41, 5.74) is 12.7. The fraction of sp³-hybridized carbons (Fsp3) is 0.233. The second-order valence-corrected chi connectivity index (χ2v) is 8.88. The van der Waals surface area contributed by atoms with E-state index in [2.05, 4.69) is 19.1 Å². The third-order valence-corrected chi connectivity index (χ3v) is 6.50. The van der Waals surface area contributed by atoms with E-state index >= 15 is 0 Å². The number of carbonyl (C=O) groups is 1. The van der Waals surface area contributed by atoms with Crippen molar-refractivity contribution in [2.75, 3.05) is 0 Å². The molecule has 4 rings (SSSR count). The summed E-state index contributed by atoms with van der Waals surface area (Å²) in [6.07, 6.45) is 3.81. The Hall–Kier alpha value is -3.73. The summed E-state index contributed by atoms with van der Waals surface area (Å²) in [5, 5.41) is 0. The smallest absolute Gasteiger partial charge is 0.251 e. The maximum Gasteiger partial charge on any atom is 0.251 e. The maximum absolute atomic E-state index is 13.9. The monoisotopic (exact) mass is 472 g/mol. The van der Waals surface area contributed by atoms with Gasteiger partial charge in [0.05, 0.1) is 5.56 Å². The van der Waals surface area contributed by atoms with E-state index in [4.69, 9.17) is 5.73 Å². The Balaban J connectivity index is 1.83. The normalized spacial score (nSPS) is 11.1. The van der Waals surface area contributed by atoms with Crippen molar-refractivity contribution in [3.05, 3.63) is 107 Å². The summed E-state index contributed by atoms with van der Waals surface area (Å²) < 4.78 is 29.5. The van der Waals surface area contributed by atoms with Crippen LogP contribution in [0.5, 0.6) is 0 Å². The van der Waals surface area contributed by atoms with Gasteiger partial charge in [-0.25, -0.2) is 8.78 Å². The van der Waals surface area contributed by atoms with Gasteiger partial charge in [-0.1, -0.05) is 80.4 Å². The molecule has 2 N–H and O–H groups in total. The van der Waals surface area contributed by atoms with Crippen LogP contribution in [0.4, 0.5) is 8.78 Å². The Kier molecular flexibility index (Phi) is 7.45. The molecule has 0 aliphatic heterocycles. The van der Waals surface area contributed by atoms with E-state index in [0.717, 1.165) is 65.4 Å². The Bertz CT molecular complexity index is 1320. The number of nitrogens with two attached hydrogens (primary N) is 1. The SMILES string of the molecule is CCCCCc1c(-c2ccc(-c3ccccc3)cc2)c(C(N)=O)c(C)n1Cc1ccc(F)c(F)c1. The molecule has 4 aromatic rings. The molecule has 0 bridgehead atoms. The molecule has 0 unspecified atom stereocenters. The average molecular weight is 473 g/mol. The fourth-order valence-corrected chi connectivity index (χ4v) is 4.71. The fourth-order valence-electron chi connectivity index (χ4n) is 4.71.